The van der Waals surface area contributed by atoms with Crippen molar-refractivity contribution in [2.75, 3.05) is 20.3 Å². The zero-order chi connectivity index (χ0) is 18.7. The van der Waals surface area contributed by atoms with Crippen molar-refractivity contribution in [1.82, 2.24) is 10.2 Å². The number of hydrogen-bond acceptors (Lipinski definition) is 5. The molecular formula is C21H21ClN2O3. The summed E-state index contributed by atoms with van der Waals surface area (Å²) in [7, 11) is 1.66. The van der Waals surface area contributed by atoms with Gasteiger partial charge in [-0.2, -0.15) is 0 Å². The Bertz CT molecular complexity index is 902. The Morgan fingerprint density at radius 1 is 1.04 bits per heavy atom. The molecule has 0 aliphatic carbocycles. The molecule has 1 fully saturated rings. The molecule has 0 spiro atoms. The van der Waals surface area contributed by atoms with Gasteiger partial charge >= 0.3 is 0 Å². The third kappa shape index (κ3) is 3.57. The van der Waals surface area contributed by atoms with Crippen LogP contribution in [-0.4, -0.2) is 30.5 Å². The Balaban J connectivity index is 1.67. The molecule has 1 saturated heterocycles. The second-order valence-corrected chi connectivity index (χ2v) is 7.13. The van der Waals surface area contributed by atoms with Crippen LogP contribution in [0, 0.1) is 0 Å². The summed E-state index contributed by atoms with van der Waals surface area (Å²) in [5.74, 6) is 2.03. The number of para-hydroxylation sites is 1. The van der Waals surface area contributed by atoms with Crippen LogP contribution < -0.4 is 4.74 Å². The number of methoxy groups -OCH3 is 1. The molecule has 27 heavy (non-hydrogen) atoms. The number of halogens is 1. The standard InChI is InChI=1S/C21H21ClN2O3/c1-25-18-5-3-2-4-15(18)14-19-23-24-20(27-19)21(10-12-26-13-11-21)16-6-8-17(22)9-7-16/h2-9H,10-14H2,1H3. The predicted octanol–water partition coefficient (Wildman–Crippen LogP) is 4.42. The first kappa shape index (κ1) is 18.0. The normalized spacial score (nSPS) is 16.2. The number of benzene rings is 2. The van der Waals surface area contributed by atoms with Gasteiger partial charge in [0.05, 0.1) is 18.9 Å². The molecule has 6 heteroatoms. The predicted molar refractivity (Wildman–Crippen MR) is 102 cm³/mol. The third-order valence-corrected chi connectivity index (χ3v) is 5.41. The molecule has 0 radical (unpaired) electrons. The van der Waals surface area contributed by atoms with Crippen molar-refractivity contribution in [3.8, 4) is 5.75 Å². The second kappa shape index (κ2) is 7.71. The van der Waals surface area contributed by atoms with Crippen LogP contribution >= 0.6 is 11.6 Å². The van der Waals surface area contributed by atoms with Gasteiger partial charge in [0.1, 0.15) is 5.75 Å². The van der Waals surface area contributed by atoms with E-state index >= 15 is 0 Å². The fourth-order valence-corrected chi connectivity index (χ4v) is 3.77. The summed E-state index contributed by atoms with van der Waals surface area (Å²) in [5, 5.41) is 9.44. The van der Waals surface area contributed by atoms with E-state index in [-0.39, 0.29) is 5.41 Å². The van der Waals surface area contributed by atoms with Gasteiger partial charge in [-0.15, -0.1) is 10.2 Å². The molecular weight excluding hydrogens is 364 g/mol. The summed E-state index contributed by atoms with van der Waals surface area (Å²) in [6.07, 6.45) is 2.13. The Labute approximate surface area is 163 Å². The minimum atomic E-state index is -0.338. The average Bonchev–Trinajstić information content (AvgIpc) is 3.18. The van der Waals surface area contributed by atoms with E-state index in [1.807, 2.05) is 48.5 Å². The number of nitrogens with zero attached hydrogens (tertiary/aromatic N) is 2. The molecule has 1 aromatic heterocycles. The van der Waals surface area contributed by atoms with Crippen molar-refractivity contribution in [1.29, 1.82) is 0 Å². The van der Waals surface area contributed by atoms with Gasteiger partial charge in [-0.1, -0.05) is 41.9 Å². The largest absolute Gasteiger partial charge is 0.496 e. The number of ether oxygens (including phenoxy) is 2. The Kier molecular flexibility index (Phi) is 5.14. The highest BCUT2D eigenvalue weighted by molar-refractivity contribution is 6.30. The fraction of sp³-hybridized carbons (Fsp3) is 0.333. The molecule has 2 aromatic carbocycles. The van der Waals surface area contributed by atoms with E-state index in [1.165, 1.54) is 0 Å². The molecule has 4 rings (SSSR count). The zero-order valence-corrected chi connectivity index (χ0v) is 15.9. The van der Waals surface area contributed by atoms with E-state index in [9.17, 15) is 0 Å². The first-order valence-corrected chi connectivity index (χ1v) is 9.38. The van der Waals surface area contributed by atoms with E-state index < -0.39 is 0 Å². The van der Waals surface area contributed by atoms with Crippen LogP contribution in [0.25, 0.3) is 0 Å². The lowest BCUT2D eigenvalue weighted by Gasteiger charge is -2.34. The lowest BCUT2D eigenvalue weighted by Crippen LogP contribution is -2.35. The van der Waals surface area contributed by atoms with Gasteiger partial charge in [-0.25, -0.2) is 0 Å². The highest BCUT2D eigenvalue weighted by atomic mass is 35.5. The Hall–Kier alpha value is -2.37. The molecule has 2 heterocycles. The lowest BCUT2D eigenvalue weighted by atomic mass is 9.74. The number of rotatable bonds is 5. The van der Waals surface area contributed by atoms with Gasteiger partial charge < -0.3 is 13.9 Å². The summed E-state index contributed by atoms with van der Waals surface area (Å²) in [5.41, 5.74) is 1.81. The summed E-state index contributed by atoms with van der Waals surface area (Å²) in [4.78, 5) is 0. The maximum atomic E-state index is 6.15. The molecule has 1 aliphatic rings. The quantitative estimate of drug-likeness (QED) is 0.651. The molecule has 5 nitrogen and oxygen atoms in total. The fourth-order valence-electron chi connectivity index (χ4n) is 3.65. The molecule has 0 unspecified atom stereocenters. The lowest BCUT2D eigenvalue weighted by molar-refractivity contribution is 0.0541. The average molecular weight is 385 g/mol. The van der Waals surface area contributed by atoms with Crippen molar-refractivity contribution in [3.05, 3.63) is 76.5 Å². The summed E-state index contributed by atoms with van der Waals surface area (Å²) < 4.78 is 17.2. The summed E-state index contributed by atoms with van der Waals surface area (Å²) in [6, 6.07) is 15.7. The van der Waals surface area contributed by atoms with Gasteiger partial charge in [-0.3, -0.25) is 0 Å². The van der Waals surface area contributed by atoms with E-state index in [0.29, 0.717) is 36.4 Å². The molecule has 0 atom stereocenters. The first-order chi connectivity index (χ1) is 13.2. The van der Waals surface area contributed by atoms with Crippen LogP contribution in [-0.2, 0) is 16.6 Å². The molecule has 0 bridgehead atoms. The van der Waals surface area contributed by atoms with Crippen molar-refractivity contribution >= 4 is 11.6 Å². The monoisotopic (exact) mass is 384 g/mol. The maximum Gasteiger partial charge on any atom is 0.227 e. The maximum absolute atomic E-state index is 6.15. The smallest absolute Gasteiger partial charge is 0.227 e. The van der Waals surface area contributed by atoms with Crippen molar-refractivity contribution in [2.24, 2.45) is 0 Å². The first-order valence-electron chi connectivity index (χ1n) is 9.00. The summed E-state index contributed by atoms with van der Waals surface area (Å²) >= 11 is 6.08. The SMILES string of the molecule is COc1ccccc1Cc1nnc(C2(c3ccc(Cl)cc3)CCOCC2)o1. The van der Waals surface area contributed by atoms with Gasteiger partial charge in [0.15, 0.2) is 0 Å². The van der Waals surface area contributed by atoms with E-state index in [2.05, 4.69) is 10.2 Å². The highest BCUT2D eigenvalue weighted by Gasteiger charge is 2.41. The van der Waals surface area contributed by atoms with Crippen LogP contribution in [0.3, 0.4) is 0 Å². The minimum Gasteiger partial charge on any atom is -0.496 e. The zero-order valence-electron chi connectivity index (χ0n) is 15.2. The van der Waals surface area contributed by atoms with Crippen LogP contribution in [0.15, 0.2) is 52.9 Å². The van der Waals surface area contributed by atoms with Gasteiger partial charge in [0, 0.05) is 23.8 Å². The third-order valence-electron chi connectivity index (χ3n) is 5.15. The van der Waals surface area contributed by atoms with E-state index in [0.717, 1.165) is 29.7 Å². The van der Waals surface area contributed by atoms with Crippen LogP contribution in [0.5, 0.6) is 5.75 Å². The highest BCUT2D eigenvalue weighted by Crippen LogP contribution is 2.41. The van der Waals surface area contributed by atoms with Crippen molar-refractivity contribution in [3.63, 3.8) is 0 Å². The molecule has 0 amide bonds. The molecule has 3 aromatic rings. The second-order valence-electron chi connectivity index (χ2n) is 6.69. The number of aromatic nitrogens is 2. The van der Waals surface area contributed by atoms with Crippen molar-refractivity contribution in [2.45, 2.75) is 24.7 Å². The van der Waals surface area contributed by atoms with Crippen molar-refractivity contribution < 1.29 is 13.9 Å². The van der Waals surface area contributed by atoms with Gasteiger partial charge in [0.2, 0.25) is 11.8 Å². The van der Waals surface area contributed by atoms with E-state index in [1.54, 1.807) is 7.11 Å². The minimum absolute atomic E-state index is 0.338. The van der Waals surface area contributed by atoms with Gasteiger partial charge in [-0.05, 0) is 36.6 Å². The summed E-state index contributed by atoms with van der Waals surface area (Å²) in [6.45, 7) is 1.32. The molecule has 140 valence electrons. The van der Waals surface area contributed by atoms with Crippen LogP contribution in [0.2, 0.25) is 5.02 Å². The molecule has 0 N–H and O–H groups in total. The van der Waals surface area contributed by atoms with Gasteiger partial charge in [0.25, 0.3) is 0 Å². The molecule has 1 aliphatic heterocycles. The van der Waals surface area contributed by atoms with Crippen LogP contribution in [0.4, 0.5) is 0 Å². The Morgan fingerprint density at radius 3 is 2.52 bits per heavy atom. The van der Waals surface area contributed by atoms with E-state index in [4.69, 9.17) is 25.5 Å². The number of hydrogen-bond donors (Lipinski definition) is 0. The molecule has 0 saturated carbocycles. The topological polar surface area (TPSA) is 57.4 Å². The Morgan fingerprint density at radius 2 is 1.78 bits per heavy atom. The van der Waals surface area contributed by atoms with Crippen LogP contribution in [0.1, 0.15) is 35.7 Å².